The van der Waals surface area contributed by atoms with Gasteiger partial charge in [0.2, 0.25) is 17.7 Å². The molecule has 1 aromatic carbocycles. The lowest BCUT2D eigenvalue weighted by molar-refractivity contribution is -0.134. The van der Waals surface area contributed by atoms with Gasteiger partial charge in [0.05, 0.1) is 32.4 Å². The first-order chi connectivity index (χ1) is 19.0. The number of benzene rings is 1. The molecule has 0 saturated carbocycles. The number of Topliss-reactive ketones (excluding diaryl/α,β-unsaturated/α-hetero) is 1. The van der Waals surface area contributed by atoms with Gasteiger partial charge in [-0.2, -0.15) is 0 Å². The van der Waals surface area contributed by atoms with Crippen LogP contribution in [0.15, 0.2) is 30.3 Å². The summed E-state index contributed by atoms with van der Waals surface area (Å²) in [5, 5.41) is 8.68. The molecule has 3 N–H and O–H groups in total. The molecular weight excluding hydrogens is 512 g/mol. The summed E-state index contributed by atoms with van der Waals surface area (Å²) in [4.78, 5) is 55.1. The molecule has 3 rings (SSSR count). The highest BCUT2D eigenvalue weighted by molar-refractivity contribution is 5.98. The van der Waals surface area contributed by atoms with E-state index in [9.17, 15) is 19.2 Å². The zero-order valence-corrected chi connectivity index (χ0v) is 24.5. The first-order valence-corrected chi connectivity index (χ1v) is 14.4. The second-order valence-electron chi connectivity index (χ2n) is 12.0. The van der Waals surface area contributed by atoms with Gasteiger partial charge in [-0.3, -0.25) is 24.1 Å². The van der Waals surface area contributed by atoms with Crippen LogP contribution in [0.3, 0.4) is 0 Å². The van der Waals surface area contributed by atoms with Crippen molar-refractivity contribution >= 4 is 23.5 Å². The van der Waals surface area contributed by atoms with Crippen LogP contribution in [0.5, 0.6) is 0 Å². The minimum Gasteiger partial charge on any atom is -0.379 e. The predicted molar refractivity (Wildman–Crippen MR) is 151 cm³/mol. The van der Waals surface area contributed by atoms with Crippen LogP contribution in [-0.4, -0.2) is 91.6 Å². The summed E-state index contributed by atoms with van der Waals surface area (Å²) < 4.78 is 10.7. The molecule has 2 fully saturated rings. The lowest BCUT2D eigenvalue weighted by atomic mass is 9.93. The van der Waals surface area contributed by atoms with E-state index in [1.807, 2.05) is 62.9 Å². The zero-order chi connectivity index (χ0) is 29.3. The largest absolute Gasteiger partial charge is 0.379 e. The smallest absolute Gasteiger partial charge is 0.243 e. The minimum absolute atomic E-state index is 0.133. The van der Waals surface area contributed by atoms with Gasteiger partial charge in [0, 0.05) is 19.5 Å². The molecule has 0 bridgehead atoms. The normalized spacial score (nSPS) is 21.4. The van der Waals surface area contributed by atoms with Crippen molar-refractivity contribution in [2.45, 2.75) is 77.6 Å². The van der Waals surface area contributed by atoms with E-state index in [0.717, 1.165) is 5.56 Å². The van der Waals surface area contributed by atoms with Gasteiger partial charge < -0.3 is 25.4 Å². The third kappa shape index (κ3) is 9.98. The number of carbonyl (C=O) groups excluding carboxylic acids is 4. The number of amides is 3. The molecule has 2 aliphatic rings. The minimum atomic E-state index is -0.934. The third-order valence-corrected chi connectivity index (χ3v) is 7.18. The number of carbonyl (C=O) groups is 4. The Hall–Kier alpha value is -2.82. The van der Waals surface area contributed by atoms with E-state index in [1.165, 1.54) is 0 Å². The number of epoxide rings is 1. The third-order valence-electron chi connectivity index (χ3n) is 7.18. The van der Waals surface area contributed by atoms with Gasteiger partial charge in [0.1, 0.15) is 17.7 Å². The Balaban J connectivity index is 1.74. The van der Waals surface area contributed by atoms with Crippen LogP contribution in [0.2, 0.25) is 0 Å². The van der Waals surface area contributed by atoms with Crippen molar-refractivity contribution in [3.8, 4) is 0 Å². The van der Waals surface area contributed by atoms with Crippen molar-refractivity contribution in [2.75, 3.05) is 39.5 Å². The number of nitrogens with zero attached hydrogens (tertiary/aromatic N) is 1. The van der Waals surface area contributed by atoms with Crippen molar-refractivity contribution in [3.63, 3.8) is 0 Å². The van der Waals surface area contributed by atoms with Crippen LogP contribution >= 0.6 is 0 Å². The van der Waals surface area contributed by atoms with Crippen molar-refractivity contribution in [1.82, 2.24) is 20.9 Å². The van der Waals surface area contributed by atoms with Crippen LogP contribution < -0.4 is 16.0 Å². The van der Waals surface area contributed by atoms with Crippen LogP contribution in [-0.2, 0) is 35.1 Å². The number of morpholine rings is 1. The van der Waals surface area contributed by atoms with Crippen LogP contribution in [0.1, 0.15) is 53.0 Å². The molecule has 10 nitrogen and oxygen atoms in total. The molecule has 0 aliphatic carbocycles. The summed E-state index contributed by atoms with van der Waals surface area (Å²) in [5.41, 5.74) is -0.0121. The quantitative estimate of drug-likeness (QED) is 0.278. The zero-order valence-electron chi connectivity index (χ0n) is 24.5. The number of hydrogen-bond acceptors (Lipinski definition) is 7. The summed E-state index contributed by atoms with van der Waals surface area (Å²) in [6, 6.07) is 6.94. The lowest BCUT2D eigenvalue weighted by Crippen LogP contribution is -2.58. The summed E-state index contributed by atoms with van der Waals surface area (Å²) in [6.07, 6.45) is 1.12. The van der Waals surface area contributed by atoms with Crippen LogP contribution in [0, 0.1) is 11.8 Å². The van der Waals surface area contributed by atoms with Crippen LogP contribution in [0.25, 0.3) is 0 Å². The second kappa shape index (κ2) is 14.7. The Labute approximate surface area is 237 Å². The molecule has 2 heterocycles. The monoisotopic (exact) mass is 558 g/mol. The van der Waals surface area contributed by atoms with Gasteiger partial charge in [0.25, 0.3) is 0 Å². The number of nitrogens with one attached hydrogen (secondary N) is 3. The number of ether oxygens (including phenoxy) is 2. The SMILES string of the molecule is CC(C)C[C@H](NC(=O)CN1CCOCC1)C(=O)N[C@@H](Cc1ccccc1)C(=O)N[C@@H](CC(C)C)C(=O)[C@]1(C)CO1. The molecule has 10 heteroatoms. The molecule has 4 atom stereocenters. The Kier molecular flexibility index (Phi) is 11.7. The molecule has 222 valence electrons. The molecule has 2 saturated heterocycles. The van der Waals surface area contributed by atoms with Crippen LogP contribution in [0.4, 0.5) is 0 Å². The maximum absolute atomic E-state index is 13.6. The Morgan fingerprint density at radius 1 is 0.850 bits per heavy atom. The summed E-state index contributed by atoms with van der Waals surface area (Å²) >= 11 is 0. The molecule has 0 radical (unpaired) electrons. The Bertz CT molecular complexity index is 1000. The van der Waals surface area contributed by atoms with E-state index < -0.39 is 35.5 Å². The van der Waals surface area contributed by atoms with E-state index in [1.54, 1.807) is 6.92 Å². The highest BCUT2D eigenvalue weighted by atomic mass is 16.6. The van der Waals surface area contributed by atoms with E-state index in [0.29, 0.717) is 45.8 Å². The Morgan fingerprint density at radius 2 is 1.40 bits per heavy atom. The van der Waals surface area contributed by atoms with E-state index >= 15 is 0 Å². The first-order valence-electron chi connectivity index (χ1n) is 14.4. The molecule has 0 spiro atoms. The predicted octanol–water partition coefficient (Wildman–Crippen LogP) is 1.47. The second-order valence-corrected chi connectivity index (χ2v) is 12.0. The van der Waals surface area contributed by atoms with Gasteiger partial charge in [-0.15, -0.1) is 0 Å². The summed E-state index contributed by atoms with van der Waals surface area (Å²) in [6.45, 7) is 12.6. The maximum atomic E-state index is 13.6. The Morgan fingerprint density at radius 3 is 1.98 bits per heavy atom. The average molecular weight is 559 g/mol. The fraction of sp³-hybridized carbons (Fsp3) is 0.667. The lowest BCUT2D eigenvalue weighted by Gasteiger charge is -2.28. The number of hydrogen-bond donors (Lipinski definition) is 3. The summed E-state index contributed by atoms with van der Waals surface area (Å²) in [7, 11) is 0. The van der Waals surface area contributed by atoms with Gasteiger partial charge in [0.15, 0.2) is 5.78 Å². The highest BCUT2D eigenvalue weighted by Crippen LogP contribution is 2.29. The topological polar surface area (TPSA) is 129 Å². The van der Waals surface area contributed by atoms with E-state index in [2.05, 4.69) is 16.0 Å². The fourth-order valence-corrected chi connectivity index (χ4v) is 4.83. The van der Waals surface area contributed by atoms with Crippen molar-refractivity contribution in [1.29, 1.82) is 0 Å². The number of rotatable bonds is 15. The van der Waals surface area contributed by atoms with E-state index in [4.69, 9.17) is 9.47 Å². The number of ketones is 1. The van der Waals surface area contributed by atoms with Gasteiger partial charge in [-0.05, 0) is 37.2 Å². The standard InChI is InChI=1S/C30H46N4O6/c1-20(2)15-23(27(36)30(5)19-40-30)32-29(38)25(17-22-9-7-6-8-10-22)33-28(37)24(16-21(3)4)31-26(35)18-34-11-13-39-14-12-34/h6-10,20-21,23-25H,11-19H2,1-5H3,(H,31,35)(H,32,38)(H,33,37)/t23-,24-,25-,30-/m0/s1. The fourth-order valence-electron chi connectivity index (χ4n) is 4.83. The molecule has 0 unspecified atom stereocenters. The van der Waals surface area contributed by atoms with Crippen molar-refractivity contribution in [2.24, 2.45) is 11.8 Å². The molecular formula is C30H46N4O6. The molecule has 1 aromatic rings. The van der Waals surface area contributed by atoms with E-state index in [-0.39, 0.29) is 36.5 Å². The van der Waals surface area contributed by atoms with Crippen molar-refractivity contribution < 1.29 is 28.7 Å². The van der Waals surface area contributed by atoms with Crippen molar-refractivity contribution in [3.05, 3.63) is 35.9 Å². The van der Waals surface area contributed by atoms with Gasteiger partial charge in [-0.1, -0.05) is 58.0 Å². The highest BCUT2D eigenvalue weighted by Gasteiger charge is 2.50. The van der Waals surface area contributed by atoms with Gasteiger partial charge in [-0.25, -0.2) is 0 Å². The van der Waals surface area contributed by atoms with Gasteiger partial charge >= 0.3 is 0 Å². The maximum Gasteiger partial charge on any atom is 0.243 e. The summed E-state index contributed by atoms with van der Waals surface area (Å²) in [5.74, 6) is -0.976. The molecule has 3 amide bonds. The first kappa shape index (κ1) is 31.7. The molecule has 0 aromatic heterocycles. The average Bonchev–Trinajstić information content (AvgIpc) is 3.66. The molecule has 2 aliphatic heterocycles. The molecule has 40 heavy (non-hydrogen) atoms.